The van der Waals surface area contributed by atoms with Gasteiger partial charge in [0.05, 0.1) is 6.04 Å². The van der Waals surface area contributed by atoms with Gasteiger partial charge in [-0.1, -0.05) is 57.3 Å². The van der Waals surface area contributed by atoms with Crippen LogP contribution in [0.2, 0.25) is 10.0 Å². The molecule has 0 aliphatic heterocycles. The fourth-order valence-electron chi connectivity index (χ4n) is 1.60. The molecule has 0 saturated carbocycles. The molecule has 0 aromatic heterocycles. The second-order valence-electron chi connectivity index (χ2n) is 3.70. The van der Waals surface area contributed by atoms with E-state index in [-0.39, 0.29) is 6.04 Å². The van der Waals surface area contributed by atoms with Gasteiger partial charge in [-0.2, -0.15) is 0 Å². The van der Waals surface area contributed by atoms with Crippen LogP contribution in [0.1, 0.15) is 17.2 Å². The van der Waals surface area contributed by atoms with Gasteiger partial charge in [-0.05, 0) is 35.4 Å². The van der Waals surface area contributed by atoms with Gasteiger partial charge < -0.3 is 5.73 Å². The fourth-order valence-corrected chi connectivity index (χ4v) is 2.52. The summed E-state index contributed by atoms with van der Waals surface area (Å²) in [4.78, 5) is 0. The summed E-state index contributed by atoms with van der Waals surface area (Å²) in [6.07, 6.45) is 0. The molecular weight excluding hydrogens is 321 g/mol. The van der Waals surface area contributed by atoms with Gasteiger partial charge in [0.25, 0.3) is 0 Å². The fraction of sp³-hybridized carbons (Fsp3) is 0.0769. The normalized spacial score (nSPS) is 12.5. The maximum absolute atomic E-state index is 6.17. The van der Waals surface area contributed by atoms with Crippen LogP contribution in [0.4, 0.5) is 0 Å². The van der Waals surface area contributed by atoms with Crippen LogP contribution in [0, 0.1) is 0 Å². The largest absolute Gasteiger partial charge is 0.320 e. The van der Waals surface area contributed by atoms with Gasteiger partial charge in [0.15, 0.2) is 0 Å². The molecule has 1 unspecified atom stereocenters. The molecule has 0 saturated heterocycles. The van der Waals surface area contributed by atoms with E-state index >= 15 is 0 Å². The van der Waals surface area contributed by atoms with Crippen molar-refractivity contribution in [3.8, 4) is 0 Å². The Morgan fingerprint density at radius 1 is 1.00 bits per heavy atom. The molecular formula is C13H10BrCl2N. The molecule has 1 atom stereocenters. The molecule has 0 radical (unpaired) electrons. The molecule has 2 aromatic carbocycles. The van der Waals surface area contributed by atoms with E-state index in [1.165, 1.54) is 0 Å². The SMILES string of the molecule is NC(c1ccc(Cl)cc1)c1ccc(Br)cc1Cl. The van der Waals surface area contributed by atoms with Crippen LogP contribution in [0.15, 0.2) is 46.9 Å². The minimum atomic E-state index is -0.243. The molecule has 0 amide bonds. The van der Waals surface area contributed by atoms with Crippen molar-refractivity contribution in [3.63, 3.8) is 0 Å². The van der Waals surface area contributed by atoms with Gasteiger partial charge >= 0.3 is 0 Å². The van der Waals surface area contributed by atoms with Crippen LogP contribution in [0.3, 0.4) is 0 Å². The number of benzene rings is 2. The highest BCUT2D eigenvalue weighted by Crippen LogP contribution is 2.29. The van der Waals surface area contributed by atoms with Crippen molar-refractivity contribution in [2.75, 3.05) is 0 Å². The lowest BCUT2D eigenvalue weighted by Crippen LogP contribution is -2.12. The maximum atomic E-state index is 6.17. The third-order valence-electron chi connectivity index (χ3n) is 2.53. The summed E-state index contributed by atoms with van der Waals surface area (Å²) in [6.45, 7) is 0. The predicted octanol–water partition coefficient (Wildman–Crippen LogP) is 4.80. The third-order valence-corrected chi connectivity index (χ3v) is 3.60. The van der Waals surface area contributed by atoms with Gasteiger partial charge in [-0.15, -0.1) is 0 Å². The lowest BCUT2D eigenvalue weighted by atomic mass is 10.00. The number of hydrogen-bond acceptors (Lipinski definition) is 1. The van der Waals surface area contributed by atoms with Crippen molar-refractivity contribution < 1.29 is 0 Å². The highest BCUT2D eigenvalue weighted by molar-refractivity contribution is 9.10. The third kappa shape index (κ3) is 3.02. The van der Waals surface area contributed by atoms with Gasteiger partial charge in [0.1, 0.15) is 0 Å². The molecule has 88 valence electrons. The van der Waals surface area contributed by atoms with Crippen molar-refractivity contribution in [1.82, 2.24) is 0 Å². The summed E-state index contributed by atoms with van der Waals surface area (Å²) in [5.74, 6) is 0. The summed E-state index contributed by atoms with van der Waals surface area (Å²) in [5, 5.41) is 1.35. The first-order valence-corrected chi connectivity index (χ1v) is 6.59. The molecule has 1 nitrogen and oxygen atoms in total. The predicted molar refractivity (Wildman–Crippen MR) is 76.6 cm³/mol. The summed E-state index contributed by atoms with van der Waals surface area (Å²) in [5.41, 5.74) is 8.06. The highest BCUT2D eigenvalue weighted by Gasteiger charge is 2.12. The van der Waals surface area contributed by atoms with E-state index in [1.54, 1.807) is 0 Å². The molecule has 17 heavy (non-hydrogen) atoms. The minimum Gasteiger partial charge on any atom is -0.320 e. The molecule has 2 aromatic rings. The Kier molecular flexibility index (Phi) is 4.10. The standard InChI is InChI=1S/C13H10BrCl2N/c14-9-3-6-11(12(16)7-9)13(17)8-1-4-10(15)5-2-8/h1-7,13H,17H2. The molecule has 0 heterocycles. The van der Waals surface area contributed by atoms with E-state index in [0.717, 1.165) is 15.6 Å². The maximum Gasteiger partial charge on any atom is 0.0566 e. The Morgan fingerprint density at radius 2 is 1.65 bits per heavy atom. The van der Waals surface area contributed by atoms with E-state index in [2.05, 4.69) is 15.9 Å². The van der Waals surface area contributed by atoms with Crippen LogP contribution < -0.4 is 5.73 Å². The van der Waals surface area contributed by atoms with Crippen LogP contribution in [0.5, 0.6) is 0 Å². The van der Waals surface area contributed by atoms with E-state index in [4.69, 9.17) is 28.9 Å². The quantitative estimate of drug-likeness (QED) is 0.840. The first kappa shape index (κ1) is 12.9. The van der Waals surface area contributed by atoms with E-state index in [0.29, 0.717) is 10.0 Å². The number of halogens is 3. The molecule has 0 aliphatic rings. The summed E-state index contributed by atoms with van der Waals surface area (Å²) in [6, 6.07) is 12.9. The average molecular weight is 331 g/mol. The van der Waals surface area contributed by atoms with Gasteiger partial charge in [0, 0.05) is 14.5 Å². The van der Waals surface area contributed by atoms with Crippen molar-refractivity contribution in [1.29, 1.82) is 0 Å². The Hall–Kier alpha value is -0.540. The highest BCUT2D eigenvalue weighted by atomic mass is 79.9. The topological polar surface area (TPSA) is 26.0 Å². The molecule has 2 rings (SSSR count). The molecule has 0 aliphatic carbocycles. The Morgan fingerprint density at radius 3 is 2.24 bits per heavy atom. The summed E-state index contributed by atoms with van der Waals surface area (Å²) < 4.78 is 0.939. The monoisotopic (exact) mass is 329 g/mol. The van der Waals surface area contributed by atoms with Crippen molar-refractivity contribution >= 4 is 39.1 Å². The van der Waals surface area contributed by atoms with Crippen molar-refractivity contribution in [2.24, 2.45) is 5.73 Å². The van der Waals surface area contributed by atoms with E-state index < -0.39 is 0 Å². The van der Waals surface area contributed by atoms with E-state index in [9.17, 15) is 0 Å². The van der Waals surface area contributed by atoms with Crippen LogP contribution in [-0.2, 0) is 0 Å². The first-order valence-electron chi connectivity index (χ1n) is 5.04. The lowest BCUT2D eigenvalue weighted by molar-refractivity contribution is 0.871. The molecule has 4 heteroatoms. The van der Waals surface area contributed by atoms with Gasteiger partial charge in [0.2, 0.25) is 0 Å². The lowest BCUT2D eigenvalue weighted by Gasteiger charge is -2.14. The zero-order chi connectivity index (χ0) is 12.4. The molecule has 0 fully saturated rings. The van der Waals surface area contributed by atoms with Crippen LogP contribution in [-0.4, -0.2) is 0 Å². The van der Waals surface area contributed by atoms with Crippen molar-refractivity contribution in [2.45, 2.75) is 6.04 Å². The molecule has 0 bridgehead atoms. The Bertz CT molecular complexity index is 525. The van der Waals surface area contributed by atoms with Gasteiger partial charge in [-0.25, -0.2) is 0 Å². The zero-order valence-corrected chi connectivity index (χ0v) is 11.9. The second-order valence-corrected chi connectivity index (χ2v) is 5.45. The summed E-state index contributed by atoms with van der Waals surface area (Å²) in [7, 11) is 0. The molecule has 0 spiro atoms. The zero-order valence-electron chi connectivity index (χ0n) is 8.83. The second kappa shape index (κ2) is 5.40. The molecule has 2 N–H and O–H groups in total. The first-order chi connectivity index (χ1) is 8.08. The van der Waals surface area contributed by atoms with Gasteiger partial charge in [-0.3, -0.25) is 0 Å². The number of rotatable bonds is 2. The Balaban J connectivity index is 2.36. The average Bonchev–Trinajstić information content (AvgIpc) is 2.29. The summed E-state index contributed by atoms with van der Waals surface area (Å²) >= 11 is 15.4. The van der Waals surface area contributed by atoms with E-state index in [1.807, 2.05) is 42.5 Å². The smallest absolute Gasteiger partial charge is 0.0566 e. The van der Waals surface area contributed by atoms with Crippen LogP contribution in [0.25, 0.3) is 0 Å². The minimum absolute atomic E-state index is 0.243. The van der Waals surface area contributed by atoms with Crippen LogP contribution >= 0.6 is 39.1 Å². The van der Waals surface area contributed by atoms with Crippen molar-refractivity contribution in [3.05, 3.63) is 68.1 Å². The number of nitrogens with two attached hydrogens (primary N) is 1. The Labute approximate surface area is 119 Å². The number of hydrogen-bond donors (Lipinski definition) is 1.